The molecule has 19 heavy (non-hydrogen) atoms. The summed E-state index contributed by atoms with van der Waals surface area (Å²) in [7, 11) is 0. The molecule has 2 aromatic rings. The first-order chi connectivity index (χ1) is 9.11. The third-order valence-electron chi connectivity index (χ3n) is 2.76. The normalized spacial score (nSPS) is 11.9. The molecule has 1 atom stereocenters. The number of rotatable bonds is 4. The summed E-state index contributed by atoms with van der Waals surface area (Å²) in [5, 5.41) is 11.6. The van der Waals surface area contributed by atoms with E-state index < -0.39 is 0 Å². The highest BCUT2D eigenvalue weighted by molar-refractivity contribution is 5.87. The Kier molecular flexibility index (Phi) is 3.75. The van der Waals surface area contributed by atoms with E-state index in [1.165, 1.54) is 6.08 Å². The minimum absolute atomic E-state index is 0.206. The number of nitrogens with zero attached hydrogens (tertiary/aromatic N) is 3. The quantitative estimate of drug-likeness (QED) is 0.850. The standard InChI is InChI=1S/C14H16N4O/c1-4-13(19)15-10(2)14-11(3)16-18(17-14)12-8-6-5-7-9-12/h4-10H,1H2,2-3H3,(H,15,19). The lowest BCUT2D eigenvalue weighted by molar-refractivity contribution is -0.117. The Morgan fingerprint density at radius 1 is 1.37 bits per heavy atom. The Bertz CT molecular complexity index is 589. The van der Waals surface area contributed by atoms with Gasteiger partial charge < -0.3 is 5.32 Å². The fraction of sp³-hybridized carbons (Fsp3) is 0.214. The molecule has 5 nitrogen and oxygen atoms in total. The monoisotopic (exact) mass is 256 g/mol. The van der Waals surface area contributed by atoms with E-state index in [2.05, 4.69) is 22.1 Å². The van der Waals surface area contributed by atoms with Crippen molar-refractivity contribution < 1.29 is 4.79 Å². The summed E-state index contributed by atoms with van der Waals surface area (Å²) < 4.78 is 0. The SMILES string of the molecule is C=CC(=O)NC(C)c1nn(-c2ccccc2)nc1C. The van der Waals surface area contributed by atoms with E-state index in [4.69, 9.17) is 0 Å². The van der Waals surface area contributed by atoms with E-state index in [1.807, 2.05) is 44.2 Å². The molecular weight excluding hydrogens is 240 g/mol. The highest BCUT2D eigenvalue weighted by atomic mass is 16.1. The van der Waals surface area contributed by atoms with Crippen molar-refractivity contribution >= 4 is 5.91 Å². The van der Waals surface area contributed by atoms with Gasteiger partial charge in [0.1, 0.15) is 5.69 Å². The number of aryl methyl sites for hydroxylation is 1. The van der Waals surface area contributed by atoms with Crippen LogP contribution in [-0.4, -0.2) is 20.9 Å². The van der Waals surface area contributed by atoms with Crippen LogP contribution in [0.4, 0.5) is 0 Å². The molecule has 0 saturated heterocycles. The van der Waals surface area contributed by atoms with Crippen LogP contribution in [0.5, 0.6) is 0 Å². The van der Waals surface area contributed by atoms with Crippen LogP contribution in [0.1, 0.15) is 24.4 Å². The number of nitrogens with one attached hydrogen (secondary N) is 1. The number of benzene rings is 1. The van der Waals surface area contributed by atoms with Crippen LogP contribution in [0, 0.1) is 6.92 Å². The molecule has 1 N–H and O–H groups in total. The molecule has 1 aromatic heterocycles. The van der Waals surface area contributed by atoms with Crippen LogP contribution >= 0.6 is 0 Å². The van der Waals surface area contributed by atoms with Crippen molar-refractivity contribution in [2.24, 2.45) is 0 Å². The fourth-order valence-corrected chi connectivity index (χ4v) is 1.81. The first kappa shape index (κ1) is 13.0. The van der Waals surface area contributed by atoms with Gasteiger partial charge in [-0.15, -0.1) is 0 Å². The van der Waals surface area contributed by atoms with Crippen molar-refractivity contribution in [2.75, 3.05) is 0 Å². The van der Waals surface area contributed by atoms with Crippen LogP contribution < -0.4 is 5.32 Å². The number of aromatic nitrogens is 3. The second kappa shape index (κ2) is 5.48. The maximum absolute atomic E-state index is 11.3. The number of hydrogen-bond donors (Lipinski definition) is 1. The third-order valence-corrected chi connectivity index (χ3v) is 2.76. The van der Waals surface area contributed by atoms with Crippen molar-refractivity contribution in [3.63, 3.8) is 0 Å². The van der Waals surface area contributed by atoms with Crippen molar-refractivity contribution in [1.82, 2.24) is 20.3 Å². The zero-order valence-corrected chi connectivity index (χ0v) is 11.0. The first-order valence-corrected chi connectivity index (χ1v) is 6.04. The summed E-state index contributed by atoms with van der Waals surface area (Å²) in [6.07, 6.45) is 1.24. The van der Waals surface area contributed by atoms with E-state index in [0.29, 0.717) is 0 Å². The molecule has 1 amide bonds. The van der Waals surface area contributed by atoms with Gasteiger partial charge in [-0.25, -0.2) is 0 Å². The zero-order valence-electron chi connectivity index (χ0n) is 11.0. The van der Waals surface area contributed by atoms with Crippen LogP contribution in [0.15, 0.2) is 43.0 Å². The minimum Gasteiger partial charge on any atom is -0.344 e. The molecule has 0 fully saturated rings. The van der Waals surface area contributed by atoms with Gasteiger partial charge >= 0.3 is 0 Å². The van der Waals surface area contributed by atoms with E-state index in [1.54, 1.807) is 4.80 Å². The van der Waals surface area contributed by atoms with Crippen molar-refractivity contribution in [3.05, 3.63) is 54.4 Å². The van der Waals surface area contributed by atoms with Gasteiger partial charge in [-0.2, -0.15) is 15.0 Å². The van der Waals surface area contributed by atoms with Gasteiger partial charge in [0.05, 0.1) is 17.4 Å². The molecule has 0 saturated carbocycles. The van der Waals surface area contributed by atoms with Crippen molar-refractivity contribution in [2.45, 2.75) is 19.9 Å². The number of amides is 1. The lowest BCUT2D eigenvalue weighted by atomic mass is 10.2. The maximum atomic E-state index is 11.3. The Hall–Kier alpha value is -2.43. The molecule has 0 aliphatic rings. The molecule has 1 unspecified atom stereocenters. The molecule has 2 rings (SSSR count). The zero-order chi connectivity index (χ0) is 13.8. The predicted octanol–water partition coefficient (Wildman–Crippen LogP) is 1.94. The predicted molar refractivity (Wildman–Crippen MR) is 72.9 cm³/mol. The third kappa shape index (κ3) is 2.88. The topological polar surface area (TPSA) is 59.8 Å². The second-order valence-electron chi connectivity index (χ2n) is 4.23. The summed E-state index contributed by atoms with van der Waals surface area (Å²) in [6.45, 7) is 7.17. The highest BCUT2D eigenvalue weighted by Crippen LogP contribution is 2.15. The Morgan fingerprint density at radius 2 is 2.05 bits per heavy atom. The number of carbonyl (C=O) groups excluding carboxylic acids is 1. The fourth-order valence-electron chi connectivity index (χ4n) is 1.81. The van der Waals surface area contributed by atoms with E-state index in [-0.39, 0.29) is 11.9 Å². The maximum Gasteiger partial charge on any atom is 0.243 e. The van der Waals surface area contributed by atoms with Gasteiger partial charge in [-0.1, -0.05) is 24.8 Å². The largest absolute Gasteiger partial charge is 0.344 e. The summed E-state index contributed by atoms with van der Waals surface area (Å²) >= 11 is 0. The molecule has 0 spiro atoms. The molecule has 5 heteroatoms. The summed E-state index contributed by atoms with van der Waals surface area (Å²) in [5.41, 5.74) is 2.43. The average molecular weight is 256 g/mol. The van der Waals surface area contributed by atoms with Gasteiger partial charge in [-0.3, -0.25) is 4.79 Å². The van der Waals surface area contributed by atoms with E-state index in [9.17, 15) is 4.79 Å². The van der Waals surface area contributed by atoms with Crippen LogP contribution in [-0.2, 0) is 4.79 Å². The van der Waals surface area contributed by atoms with E-state index >= 15 is 0 Å². The van der Waals surface area contributed by atoms with Gasteiger partial charge in [0.15, 0.2) is 0 Å². The Balaban J connectivity index is 2.26. The summed E-state index contributed by atoms with van der Waals surface area (Å²) in [4.78, 5) is 12.9. The van der Waals surface area contributed by atoms with Crippen LogP contribution in [0.25, 0.3) is 5.69 Å². The number of carbonyl (C=O) groups is 1. The van der Waals surface area contributed by atoms with Gasteiger partial charge in [0.25, 0.3) is 0 Å². The van der Waals surface area contributed by atoms with Crippen LogP contribution in [0.2, 0.25) is 0 Å². The smallest absolute Gasteiger partial charge is 0.243 e. The molecule has 98 valence electrons. The second-order valence-corrected chi connectivity index (χ2v) is 4.23. The van der Waals surface area contributed by atoms with Gasteiger partial charge in [0.2, 0.25) is 5.91 Å². The molecule has 0 bridgehead atoms. The molecular formula is C14H16N4O. The molecule has 0 aliphatic carbocycles. The Morgan fingerprint density at radius 3 is 2.68 bits per heavy atom. The lowest BCUT2D eigenvalue weighted by Gasteiger charge is -2.09. The van der Waals surface area contributed by atoms with Crippen LogP contribution in [0.3, 0.4) is 0 Å². The first-order valence-electron chi connectivity index (χ1n) is 6.04. The number of hydrogen-bond acceptors (Lipinski definition) is 3. The van der Waals surface area contributed by atoms with Crippen molar-refractivity contribution in [3.8, 4) is 5.69 Å². The van der Waals surface area contributed by atoms with E-state index in [0.717, 1.165) is 17.1 Å². The molecule has 0 aliphatic heterocycles. The van der Waals surface area contributed by atoms with Gasteiger partial charge in [-0.05, 0) is 32.1 Å². The molecule has 0 radical (unpaired) electrons. The molecule has 1 aromatic carbocycles. The average Bonchev–Trinajstić information content (AvgIpc) is 2.81. The summed E-state index contributed by atoms with van der Waals surface area (Å²) in [6, 6.07) is 9.44. The minimum atomic E-state index is -0.221. The van der Waals surface area contributed by atoms with Gasteiger partial charge in [0, 0.05) is 0 Å². The lowest BCUT2D eigenvalue weighted by Crippen LogP contribution is -2.25. The highest BCUT2D eigenvalue weighted by Gasteiger charge is 2.16. The summed E-state index contributed by atoms with van der Waals surface area (Å²) in [5.74, 6) is -0.221. The molecule has 1 heterocycles. The number of para-hydroxylation sites is 1. The van der Waals surface area contributed by atoms with Crippen molar-refractivity contribution in [1.29, 1.82) is 0 Å². The Labute approximate surface area is 111 Å².